The third kappa shape index (κ3) is 2.22. The molecule has 0 spiro atoms. The van der Waals surface area contributed by atoms with E-state index in [-0.39, 0.29) is 6.61 Å². The molecule has 0 unspecified atom stereocenters. The van der Waals surface area contributed by atoms with E-state index in [2.05, 4.69) is 25.9 Å². The van der Waals surface area contributed by atoms with Crippen LogP contribution in [-0.4, -0.2) is 15.1 Å². The highest BCUT2D eigenvalue weighted by molar-refractivity contribution is 9.10. The van der Waals surface area contributed by atoms with Gasteiger partial charge < -0.3 is 10.1 Å². The summed E-state index contributed by atoms with van der Waals surface area (Å²) >= 11 is 9.13. The van der Waals surface area contributed by atoms with Crippen molar-refractivity contribution < 1.29 is 5.11 Å². The van der Waals surface area contributed by atoms with E-state index in [1.807, 2.05) is 18.2 Å². The van der Waals surface area contributed by atoms with Crippen LogP contribution in [0.25, 0.3) is 11.4 Å². The van der Waals surface area contributed by atoms with Crippen LogP contribution in [0.15, 0.2) is 28.9 Å². The van der Waals surface area contributed by atoms with Gasteiger partial charge in [0.1, 0.15) is 10.4 Å². The van der Waals surface area contributed by atoms with E-state index in [4.69, 9.17) is 16.7 Å². The van der Waals surface area contributed by atoms with E-state index in [9.17, 15) is 0 Å². The molecule has 0 aliphatic carbocycles. The first-order valence-corrected chi connectivity index (χ1v) is 5.49. The quantitative estimate of drug-likeness (QED) is 0.892. The lowest BCUT2D eigenvalue weighted by Gasteiger charge is -1.96. The largest absolute Gasteiger partial charge is 0.390 e. The van der Waals surface area contributed by atoms with Crippen molar-refractivity contribution in [2.24, 2.45) is 0 Å². The maximum atomic E-state index is 9.01. The second kappa shape index (κ2) is 4.35. The number of aromatic amines is 1. The molecule has 1 aromatic heterocycles. The Labute approximate surface area is 100 Å². The highest BCUT2D eigenvalue weighted by Crippen LogP contribution is 2.23. The molecule has 0 amide bonds. The average Bonchev–Trinajstić information content (AvgIpc) is 2.60. The molecule has 0 atom stereocenters. The Morgan fingerprint density at radius 3 is 2.87 bits per heavy atom. The van der Waals surface area contributed by atoms with Gasteiger partial charge in [-0.15, -0.1) is 0 Å². The molecule has 2 rings (SSSR count). The molecule has 15 heavy (non-hydrogen) atoms. The first kappa shape index (κ1) is 10.7. The third-order valence-corrected chi connectivity index (χ3v) is 2.88. The summed E-state index contributed by atoms with van der Waals surface area (Å²) in [6.07, 6.45) is 0. The Balaban J connectivity index is 2.45. The summed E-state index contributed by atoms with van der Waals surface area (Å²) in [5.74, 6) is 0.688. The van der Waals surface area contributed by atoms with Crippen LogP contribution in [0.1, 0.15) is 5.69 Å². The van der Waals surface area contributed by atoms with E-state index < -0.39 is 0 Å². The summed E-state index contributed by atoms with van der Waals surface area (Å²) in [4.78, 5) is 7.24. The number of nitrogens with one attached hydrogen (secondary N) is 1. The van der Waals surface area contributed by atoms with Crippen molar-refractivity contribution in [3.63, 3.8) is 0 Å². The maximum absolute atomic E-state index is 9.01. The molecule has 0 fully saturated rings. The number of hydrogen-bond donors (Lipinski definition) is 2. The average molecular weight is 288 g/mol. The Hall–Kier alpha value is -0.840. The van der Waals surface area contributed by atoms with Gasteiger partial charge in [0.15, 0.2) is 0 Å². The maximum Gasteiger partial charge on any atom is 0.139 e. The number of benzene rings is 1. The monoisotopic (exact) mass is 286 g/mol. The normalized spacial score (nSPS) is 10.6. The SMILES string of the molecule is OCc1[nH]c(-c2cccc(Cl)c2)nc1Br. The zero-order valence-corrected chi connectivity index (χ0v) is 10.0. The summed E-state index contributed by atoms with van der Waals surface area (Å²) in [6.45, 7) is -0.0752. The van der Waals surface area contributed by atoms with E-state index >= 15 is 0 Å². The van der Waals surface area contributed by atoms with Crippen LogP contribution in [0.3, 0.4) is 0 Å². The van der Waals surface area contributed by atoms with Crippen molar-refractivity contribution in [1.29, 1.82) is 0 Å². The topological polar surface area (TPSA) is 48.9 Å². The van der Waals surface area contributed by atoms with Crippen molar-refractivity contribution in [2.75, 3.05) is 0 Å². The number of halogens is 2. The van der Waals surface area contributed by atoms with E-state index in [0.717, 1.165) is 5.56 Å². The van der Waals surface area contributed by atoms with Crippen molar-refractivity contribution in [3.8, 4) is 11.4 Å². The molecule has 0 aliphatic heterocycles. The van der Waals surface area contributed by atoms with Crippen molar-refractivity contribution in [1.82, 2.24) is 9.97 Å². The predicted molar refractivity (Wildman–Crippen MR) is 62.7 cm³/mol. The molecule has 2 N–H and O–H groups in total. The first-order chi connectivity index (χ1) is 7.20. The number of nitrogens with zero attached hydrogens (tertiary/aromatic N) is 1. The highest BCUT2D eigenvalue weighted by atomic mass is 79.9. The summed E-state index contributed by atoms with van der Waals surface area (Å²) in [7, 11) is 0. The van der Waals surface area contributed by atoms with Crippen LogP contribution in [0.5, 0.6) is 0 Å². The minimum Gasteiger partial charge on any atom is -0.390 e. The predicted octanol–water partition coefficient (Wildman–Crippen LogP) is 2.98. The number of hydrogen-bond acceptors (Lipinski definition) is 2. The molecule has 5 heteroatoms. The van der Waals surface area contributed by atoms with Gasteiger partial charge in [-0.25, -0.2) is 4.98 Å². The zero-order chi connectivity index (χ0) is 10.8. The smallest absolute Gasteiger partial charge is 0.139 e. The fraction of sp³-hybridized carbons (Fsp3) is 0.100. The van der Waals surface area contributed by atoms with Crippen LogP contribution in [0.4, 0.5) is 0 Å². The Kier molecular flexibility index (Phi) is 3.09. The second-order valence-corrected chi connectivity index (χ2v) is 4.21. The molecule has 78 valence electrons. The highest BCUT2D eigenvalue weighted by Gasteiger charge is 2.08. The lowest BCUT2D eigenvalue weighted by Crippen LogP contribution is -1.83. The lowest BCUT2D eigenvalue weighted by molar-refractivity contribution is 0.276. The van der Waals surface area contributed by atoms with Crippen molar-refractivity contribution in [2.45, 2.75) is 6.61 Å². The lowest BCUT2D eigenvalue weighted by atomic mass is 10.2. The van der Waals surface area contributed by atoms with Gasteiger partial charge in [0, 0.05) is 10.6 Å². The van der Waals surface area contributed by atoms with Gasteiger partial charge in [-0.3, -0.25) is 0 Å². The van der Waals surface area contributed by atoms with Crippen LogP contribution in [-0.2, 0) is 6.61 Å². The Morgan fingerprint density at radius 2 is 2.27 bits per heavy atom. The number of rotatable bonds is 2. The van der Waals surface area contributed by atoms with Gasteiger partial charge >= 0.3 is 0 Å². The fourth-order valence-electron chi connectivity index (χ4n) is 1.27. The second-order valence-electron chi connectivity index (χ2n) is 3.02. The van der Waals surface area contributed by atoms with Crippen LogP contribution < -0.4 is 0 Å². The molecule has 0 saturated carbocycles. The number of aliphatic hydroxyl groups excluding tert-OH is 1. The van der Waals surface area contributed by atoms with E-state index in [0.29, 0.717) is 21.1 Å². The molecule has 0 aliphatic rings. The number of aliphatic hydroxyl groups is 1. The van der Waals surface area contributed by atoms with Gasteiger partial charge in [-0.05, 0) is 28.1 Å². The molecule has 0 bridgehead atoms. The third-order valence-electron chi connectivity index (χ3n) is 1.98. The Bertz CT molecular complexity index is 484. The molecule has 2 aromatic rings. The van der Waals surface area contributed by atoms with E-state index in [1.54, 1.807) is 6.07 Å². The van der Waals surface area contributed by atoms with Crippen LogP contribution >= 0.6 is 27.5 Å². The van der Waals surface area contributed by atoms with Gasteiger partial charge in [0.25, 0.3) is 0 Å². The molecular formula is C10H8BrClN2O. The van der Waals surface area contributed by atoms with Gasteiger partial charge in [-0.2, -0.15) is 0 Å². The minimum absolute atomic E-state index is 0.0752. The number of aromatic nitrogens is 2. The summed E-state index contributed by atoms with van der Waals surface area (Å²) in [5.41, 5.74) is 1.55. The summed E-state index contributed by atoms with van der Waals surface area (Å²) in [5, 5.41) is 9.66. The molecule has 0 saturated heterocycles. The van der Waals surface area contributed by atoms with Gasteiger partial charge in [-0.1, -0.05) is 23.7 Å². The van der Waals surface area contributed by atoms with Crippen molar-refractivity contribution >= 4 is 27.5 Å². The summed E-state index contributed by atoms with van der Waals surface area (Å²) in [6, 6.07) is 7.37. The summed E-state index contributed by atoms with van der Waals surface area (Å²) < 4.78 is 0.625. The molecule has 0 radical (unpaired) electrons. The molecule has 1 heterocycles. The van der Waals surface area contributed by atoms with Gasteiger partial charge in [0.2, 0.25) is 0 Å². The molecule has 1 aromatic carbocycles. The van der Waals surface area contributed by atoms with Crippen LogP contribution in [0, 0.1) is 0 Å². The number of H-pyrrole nitrogens is 1. The van der Waals surface area contributed by atoms with Crippen LogP contribution in [0.2, 0.25) is 5.02 Å². The fourth-order valence-corrected chi connectivity index (χ4v) is 1.86. The van der Waals surface area contributed by atoms with Crippen molar-refractivity contribution in [3.05, 3.63) is 39.6 Å². The van der Waals surface area contributed by atoms with E-state index in [1.165, 1.54) is 0 Å². The zero-order valence-electron chi connectivity index (χ0n) is 7.67. The number of imidazole rings is 1. The minimum atomic E-state index is -0.0752. The van der Waals surface area contributed by atoms with Gasteiger partial charge in [0.05, 0.1) is 12.3 Å². The molecular weight excluding hydrogens is 279 g/mol. The molecule has 3 nitrogen and oxygen atoms in total. The first-order valence-electron chi connectivity index (χ1n) is 4.32. The standard InChI is InChI=1S/C10H8BrClN2O/c11-9-8(5-15)13-10(14-9)6-2-1-3-7(12)4-6/h1-4,15H,5H2,(H,13,14). The Morgan fingerprint density at radius 1 is 1.47 bits per heavy atom.